The number of methoxy groups -OCH3 is 3. The molecule has 1 saturated heterocycles. The summed E-state index contributed by atoms with van der Waals surface area (Å²) in [5.41, 5.74) is 2.30. The lowest BCUT2D eigenvalue weighted by molar-refractivity contribution is 0.0643. The topological polar surface area (TPSA) is 80.3 Å². The minimum Gasteiger partial charge on any atom is -0.493 e. The van der Waals surface area contributed by atoms with Gasteiger partial charge in [0.25, 0.3) is 5.91 Å². The van der Waals surface area contributed by atoms with E-state index in [1.807, 2.05) is 47.2 Å². The van der Waals surface area contributed by atoms with Crippen LogP contribution in [-0.4, -0.2) is 86.8 Å². The fraction of sp³-hybridized carbons (Fsp3) is 0.393. The molecule has 0 unspecified atom stereocenters. The van der Waals surface area contributed by atoms with Gasteiger partial charge in [0.05, 0.1) is 21.3 Å². The van der Waals surface area contributed by atoms with Crippen LogP contribution in [0, 0.1) is 0 Å². The van der Waals surface area contributed by atoms with Crippen molar-refractivity contribution in [3.05, 3.63) is 59.8 Å². The van der Waals surface area contributed by atoms with Crippen LogP contribution in [-0.2, 0) is 6.54 Å². The predicted octanol–water partition coefficient (Wildman–Crippen LogP) is 3.58. The summed E-state index contributed by atoms with van der Waals surface area (Å²) in [7, 11) is 6.65. The molecule has 0 bridgehead atoms. The van der Waals surface area contributed by atoms with Crippen molar-refractivity contribution in [2.75, 3.05) is 66.0 Å². The smallest absolute Gasteiger partial charge is 0.259 e. The monoisotopic (exact) mass is 505 g/mol. The maximum atomic E-state index is 13.6. The third-order valence-electron chi connectivity index (χ3n) is 6.65. The van der Waals surface area contributed by atoms with Crippen LogP contribution in [0.4, 0.5) is 5.82 Å². The highest BCUT2D eigenvalue weighted by Crippen LogP contribution is 2.40. The Morgan fingerprint density at radius 3 is 2.19 bits per heavy atom. The van der Waals surface area contributed by atoms with Crippen molar-refractivity contribution in [3.8, 4) is 28.6 Å². The zero-order valence-corrected chi connectivity index (χ0v) is 22.2. The van der Waals surface area contributed by atoms with Gasteiger partial charge in [-0.05, 0) is 24.2 Å². The Kier molecular flexibility index (Phi) is 8.45. The maximum Gasteiger partial charge on any atom is 0.259 e. The number of carbonyl (C=O) groups excluding carboxylic acids is 1. The van der Waals surface area contributed by atoms with Gasteiger partial charge >= 0.3 is 0 Å². The minimum absolute atomic E-state index is 0.0536. The van der Waals surface area contributed by atoms with Crippen molar-refractivity contribution >= 4 is 11.7 Å². The van der Waals surface area contributed by atoms with Gasteiger partial charge in [-0.1, -0.05) is 37.3 Å². The molecule has 1 aromatic heterocycles. The molecule has 0 atom stereocenters. The highest BCUT2D eigenvalue weighted by atomic mass is 16.5. The SMILES string of the molecule is CCN1CCN(C(=O)c2cnc(-c3cc(OC)c(OC)c(OC)c3)nc2N(C)Cc2ccccc2)CC1. The largest absolute Gasteiger partial charge is 0.493 e. The number of likely N-dealkylation sites (N-methyl/N-ethyl adjacent to an activating group) is 1. The van der Waals surface area contributed by atoms with Gasteiger partial charge in [-0.25, -0.2) is 9.97 Å². The van der Waals surface area contributed by atoms with E-state index in [0.29, 0.717) is 59.7 Å². The molecule has 1 aliphatic rings. The number of anilines is 1. The predicted molar refractivity (Wildman–Crippen MR) is 144 cm³/mol. The van der Waals surface area contributed by atoms with E-state index in [-0.39, 0.29) is 5.91 Å². The van der Waals surface area contributed by atoms with Gasteiger partial charge in [-0.2, -0.15) is 0 Å². The van der Waals surface area contributed by atoms with Crippen LogP contribution in [0.25, 0.3) is 11.4 Å². The van der Waals surface area contributed by atoms with Crippen LogP contribution in [0.15, 0.2) is 48.7 Å². The van der Waals surface area contributed by atoms with Crippen LogP contribution >= 0.6 is 0 Å². The molecule has 0 N–H and O–H groups in total. The van der Waals surface area contributed by atoms with Crippen molar-refractivity contribution in [1.29, 1.82) is 0 Å². The summed E-state index contributed by atoms with van der Waals surface area (Å²) >= 11 is 0. The van der Waals surface area contributed by atoms with Crippen molar-refractivity contribution < 1.29 is 19.0 Å². The van der Waals surface area contributed by atoms with E-state index in [2.05, 4.69) is 28.9 Å². The summed E-state index contributed by atoms with van der Waals surface area (Å²) in [5.74, 6) is 2.49. The van der Waals surface area contributed by atoms with E-state index in [9.17, 15) is 4.79 Å². The number of carbonyl (C=O) groups is 1. The first-order valence-electron chi connectivity index (χ1n) is 12.4. The summed E-state index contributed by atoms with van der Waals surface area (Å²) in [6.45, 7) is 6.82. The molecule has 1 fully saturated rings. The van der Waals surface area contributed by atoms with Crippen LogP contribution in [0.1, 0.15) is 22.8 Å². The molecule has 2 heterocycles. The Labute approximate surface area is 218 Å². The number of rotatable bonds is 9. The van der Waals surface area contributed by atoms with E-state index < -0.39 is 0 Å². The van der Waals surface area contributed by atoms with E-state index in [1.54, 1.807) is 27.5 Å². The summed E-state index contributed by atoms with van der Waals surface area (Å²) in [6.07, 6.45) is 1.64. The number of aromatic nitrogens is 2. The van der Waals surface area contributed by atoms with Gasteiger partial charge in [0, 0.05) is 51.5 Å². The number of amides is 1. The quantitative estimate of drug-likeness (QED) is 0.437. The molecule has 3 aromatic rings. The van der Waals surface area contributed by atoms with E-state index >= 15 is 0 Å². The standard InChI is InChI=1S/C28H35N5O4/c1-6-32-12-14-33(15-13-32)28(34)22-18-29-26(21-16-23(35-3)25(37-5)24(17-21)36-4)30-27(22)31(2)19-20-10-8-7-9-11-20/h7-11,16-18H,6,12-15,19H2,1-5H3. The Hall–Kier alpha value is -3.85. The average Bonchev–Trinajstić information content (AvgIpc) is 2.96. The number of hydrogen-bond donors (Lipinski definition) is 0. The van der Waals surface area contributed by atoms with Gasteiger partial charge < -0.3 is 28.9 Å². The number of nitrogens with zero attached hydrogens (tertiary/aromatic N) is 5. The number of benzene rings is 2. The first-order chi connectivity index (χ1) is 18.0. The molecule has 1 amide bonds. The molecular weight excluding hydrogens is 470 g/mol. The molecule has 196 valence electrons. The summed E-state index contributed by atoms with van der Waals surface area (Å²) < 4.78 is 16.5. The lowest BCUT2D eigenvalue weighted by Gasteiger charge is -2.34. The second-order valence-corrected chi connectivity index (χ2v) is 8.91. The van der Waals surface area contributed by atoms with Gasteiger partial charge in [-0.3, -0.25) is 4.79 Å². The summed E-state index contributed by atoms with van der Waals surface area (Å²) in [5, 5.41) is 0. The lowest BCUT2D eigenvalue weighted by Crippen LogP contribution is -2.48. The van der Waals surface area contributed by atoms with Gasteiger partial charge in [0.2, 0.25) is 5.75 Å². The maximum absolute atomic E-state index is 13.6. The fourth-order valence-corrected chi connectivity index (χ4v) is 4.53. The highest BCUT2D eigenvalue weighted by molar-refractivity contribution is 5.99. The Morgan fingerprint density at radius 2 is 1.62 bits per heavy atom. The van der Waals surface area contributed by atoms with Crippen LogP contribution in [0.2, 0.25) is 0 Å². The molecule has 2 aromatic carbocycles. The second-order valence-electron chi connectivity index (χ2n) is 8.91. The molecule has 4 rings (SSSR count). The molecule has 9 nitrogen and oxygen atoms in total. The fourth-order valence-electron chi connectivity index (χ4n) is 4.53. The van der Waals surface area contributed by atoms with Crippen LogP contribution < -0.4 is 19.1 Å². The first kappa shape index (κ1) is 26.2. The molecule has 37 heavy (non-hydrogen) atoms. The van der Waals surface area contributed by atoms with Gasteiger partial charge in [0.1, 0.15) is 11.4 Å². The zero-order chi connectivity index (χ0) is 26.4. The molecule has 9 heteroatoms. The molecule has 0 radical (unpaired) electrons. The second kappa shape index (κ2) is 11.9. The highest BCUT2D eigenvalue weighted by Gasteiger charge is 2.26. The molecule has 1 aliphatic heterocycles. The Balaban J connectivity index is 1.74. The van der Waals surface area contributed by atoms with Gasteiger partial charge in [-0.15, -0.1) is 0 Å². The van der Waals surface area contributed by atoms with E-state index in [1.165, 1.54) is 0 Å². The molecule has 0 saturated carbocycles. The van der Waals surface area contributed by atoms with Crippen molar-refractivity contribution in [1.82, 2.24) is 19.8 Å². The number of ether oxygens (including phenoxy) is 3. The average molecular weight is 506 g/mol. The molecule has 0 aliphatic carbocycles. The molecule has 0 spiro atoms. The zero-order valence-electron chi connectivity index (χ0n) is 22.2. The third-order valence-corrected chi connectivity index (χ3v) is 6.65. The Bertz CT molecular complexity index is 1190. The molecular formula is C28H35N5O4. The minimum atomic E-state index is -0.0536. The van der Waals surface area contributed by atoms with Crippen molar-refractivity contribution in [2.24, 2.45) is 0 Å². The Morgan fingerprint density at radius 1 is 0.973 bits per heavy atom. The van der Waals surface area contributed by atoms with Crippen molar-refractivity contribution in [2.45, 2.75) is 13.5 Å². The van der Waals surface area contributed by atoms with Crippen molar-refractivity contribution in [3.63, 3.8) is 0 Å². The van der Waals surface area contributed by atoms with E-state index in [0.717, 1.165) is 25.2 Å². The lowest BCUT2D eigenvalue weighted by atomic mass is 10.1. The van der Waals surface area contributed by atoms with E-state index in [4.69, 9.17) is 19.2 Å². The first-order valence-corrected chi connectivity index (χ1v) is 12.4. The summed E-state index contributed by atoms with van der Waals surface area (Å²) in [4.78, 5) is 29.4. The third kappa shape index (κ3) is 5.77. The van der Waals surface area contributed by atoms with Gasteiger partial charge in [0.15, 0.2) is 17.3 Å². The summed E-state index contributed by atoms with van der Waals surface area (Å²) in [6, 6.07) is 13.7. The number of hydrogen-bond acceptors (Lipinski definition) is 8. The normalized spacial score (nSPS) is 13.8. The van der Waals surface area contributed by atoms with Crippen LogP contribution in [0.5, 0.6) is 17.2 Å². The number of piperazine rings is 1. The van der Waals surface area contributed by atoms with Crippen LogP contribution in [0.3, 0.4) is 0 Å².